The van der Waals surface area contributed by atoms with Gasteiger partial charge in [0.25, 0.3) is 0 Å². The molecule has 5 rings (SSSR count). The summed E-state index contributed by atoms with van der Waals surface area (Å²) in [5.41, 5.74) is 5.90. The van der Waals surface area contributed by atoms with Gasteiger partial charge in [0, 0.05) is 48.6 Å². The topological polar surface area (TPSA) is 84.9 Å². The normalized spacial score (nSPS) is 18.8. The molecule has 2 aliphatic rings. The molecule has 244 valence electrons. The van der Waals surface area contributed by atoms with E-state index < -0.39 is 5.63 Å². The number of furan rings is 1. The highest BCUT2D eigenvalue weighted by Gasteiger charge is 2.26. The zero-order valence-electron chi connectivity index (χ0n) is 28.0. The first kappa shape index (κ1) is 33.3. The van der Waals surface area contributed by atoms with E-state index in [4.69, 9.17) is 13.6 Å². The summed E-state index contributed by atoms with van der Waals surface area (Å²) in [6.07, 6.45) is 20.2. The van der Waals surface area contributed by atoms with E-state index in [2.05, 4.69) is 56.1 Å². The molecule has 2 aromatic heterocycles. The number of nitrogens with one attached hydrogen (secondary N) is 1. The van der Waals surface area contributed by atoms with Crippen LogP contribution in [0.5, 0.6) is 5.75 Å². The minimum Gasteiger partial charge on any atom is -0.486 e. The minimum atomic E-state index is -0.418. The Hall–Kier alpha value is -4.10. The lowest BCUT2D eigenvalue weighted by molar-refractivity contribution is -0.117. The first-order chi connectivity index (χ1) is 22.1. The molecular formula is C39H48N2O5. The molecule has 0 spiro atoms. The molecule has 1 aromatic carbocycles. The molecule has 0 bridgehead atoms. The van der Waals surface area contributed by atoms with E-state index in [-0.39, 0.29) is 17.4 Å². The number of benzene rings is 1. The van der Waals surface area contributed by atoms with Crippen molar-refractivity contribution >= 4 is 27.8 Å². The van der Waals surface area contributed by atoms with Gasteiger partial charge in [0.05, 0.1) is 12.9 Å². The van der Waals surface area contributed by atoms with E-state index in [1.807, 2.05) is 31.2 Å². The number of amides is 1. The smallest absolute Gasteiger partial charge is 0.336 e. The number of allylic oxidation sites excluding steroid dienone is 9. The van der Waals surface area contributed by atoms with Crippen molar-refractivity contribution in [2.45, 2.75) is 79.2 Å². The van der Waals surface area contributed by atoms with Crippen molar-refractivity contribution in [2.24, 2.45) is 5.41 Å². The average Bonchev–Trinajstić information content (AvgIpc) is 3.47. The Morgan fingerprint density at radius 2 is 1.87 bits per heavy atom. The van der Waals surface area contributed by atoms with Crippen molar-refractivity contribution in [3.8, 4) is 5.75 Å². The molecular weight excluding hydrogens is 576 g/mol. The summed E-state index contributed by atoms with van der Waals surface area (Å²) in [5, 5.41) is 4.89. The van der Waals surface area contributed by atoms with E-state index in [1.165, 1.54) is 42.0 Å². The second-order valence-electron chi connectivity index (χ2n) is 13.5. The van der Waals surface area contributed by atoms with Crippen LogP contribution in [0.2, 0.25) is 0 Å². The molecule has 0 saturated carbocycles. The van der Waals surface area contributed by atoms with Crippen LogP contribution in [0.4, 0.5) is 0 Å². The van der Waals surface area contributed by atoms with Gasteiger partial charge in [0.2, 0.25) is 11.7 Å². The molecule has 1 N–H and O–H groups in total. The molecule has 0 radical (unpaired) electrons. The molecule has 0 unspecified atom stereocenters. The van der Waals surface area contributed by atoms with Gasteiger partial charge in [-0.25, -0.2) is 4.79 Å². The fraction of sp³-hybridized carbons (Fsp3) is 0.436. The third-order valence-electron chi connectivity index (χ3n) is 9.21. The Morgan fingerprint density at radius 3 is 2.65 bits per heavy atom. The molecule has 1 aliphatic carbocycles. The van der Waals surface area contributed by atoms with Crippen molar-refractivity contribution in [1.29, 1.82) is 0 Å². The van der Waals surface area contributed by atoms with Crippen LogP contribution in [-0.4, -0.2) is 43.1 Å². The summed E-state index contributed by atoms with van der Waals surface area (Å²) in [6.45, 7) is 14.2. The summed E-state index contributed by atoms with van der Waals surface area (Å²) >= 11 is 0. The fourth-order valence-corrected chi connectivity index (χ4v) is 6.63. The van der Waals surface area contributed by atoms with E-state index >= 15 is 0 Å². The van der Waals surface area contributed by atoms with Gasteiger partial charge in [-0.15, -0.1) is 0 Å². The average molecular weight is 625 g/mol. The number of likely N-dealkylation sites (tertiary alicyclic amines) is 1. The lowest BCUT2D eigenvalue weighted by atomic mass is 9.72. The van der Waals surface area contributed by atoms with Crippen molar-refractivity contribution in [2.75, 3.05) is 26.2 Å². The van der Waals surface area contributed by atoms with E-state index in [0.717, 1.165) is 55.2 Å². The van der Waals surface area contributed by atoms with Gasteiger partial charge in [-0.3, -0.25) is 4.79 Å². The van der Waals surface area contributed by atoms with Crippen LogP contribution in [0.3, 0.4) is 0 Å². The molecule has 1 saturated heterocycles. The number of hydrogen-bond donors (Lipinski definition) is 1. The number of carbonyl (C=O) groups excluding carboxylic acids is 1. The van der Waals surface area contributed by atoms with Gasteiger partial charge >= 0.3 is 5.63 Å². The van der Waals surface area contributed by atoms with Gasteiger partial charge in [0.1, 0.15) is 0 Å². The van der Waals surface area contributed by atoms with Crippen LogP contribution in [0, 0.1) is 5.41 Å². The highest BCUT2D eigenvalue weighted by atomic mass is 16.5. The SMILES string of the molecule is CC1=C(/C=C/C(C)=C/C=C/C(C)=C/C(=O)NC2CCN(CCCOc3c4occc4cc4ccc(=O)oc34)CC2)C(C)(C)CCC1. The molecule has 7 heteroatoms. The van der Waals surface area contributed by atoms with Crippen LogP contribution in [-0.2, 0) is 4.79 Å². The predicted molar refractivity (Wildman–Crippen MR) is 186 cm³/mol. The Labute approximate surface area is 272 Å². The van der Waals surface area contributed by atoms with E-state index in [1.54, 1.807) is 18.4 Å². The second kappa shape index (κ2) is 15.0. The third-order valence-corrected chi connectivity index (χ3v) is 9.21. The van der Waals surface area contributed by atoms with Gasteiger partial charge < -0.3 is 23.8 Å². The number of fused-ring (bicyclic) bond motifs is 2. The van der Waals surface area contributed by atoms with Gasteiger partial charge in [0.15, 0.2) is 11.2 Å². The molecule has 3 aromatic rings. The maximum atomic E-state index is 12.7. The lowest BCUT2D eigenvalue weighted by Gasteiger charge is -2.32. The zero-order chi connectivity index (χ0) is 32.7. The number of carbonyl (C=O) groups is 1. The van der Waals surface area contributed by atoms with Crippen LogP contribution in [0.1, 0.15) is 73.1 Å². The van der Waals surface area contributed by atoms with Gasteiger partial charge in [-0.05, 0) is 94.1 Å². The number of piperidine rings is 1. The zero-order valence-corrected chi connectivity index (χ0v) is 28.0. The fourth-order valence-electron chi connectivity index (χ4n) is 6.63. The number of nitrogens with zero attached hydrogens (tertiary/aromatic N) is 1. The maximum Gasteiger partial charge on any atom is 0.336 e. The van der Waals surface area contributed by atoms with Crippen molar-refractivity contribution in [3.05, 3.63) is 99.7 Å². The molecule has 46 heavy (non-hydrogen) atoms. The molecule has 3 heterocycles. The monoisotopic (exact) mass is 624 g/mol. The number of hydrogen-bond acceptors (Lipinski definition) is 6. The second-order valence-corrected chi connectivity index (χ2v) is 13.5. The molecule has 0 atom stereocenters. The Bertz CT molecular complexity index is 1760. The van der Waals surface area contributed by atoms with Gasteiger partial charge in [-0.1, -0.05) is 55.4 Å². The Balaban J connectivity index is 1.03. The lowest BCUT2D eigenvalue weighted by Crippen LogP contribution is -2.44. The largest absolute Gasteiger partial charge is 0.486 e. The number of ether oxygens (including phenoxy) is 1. The summed E-state index contributed by atoms with van der Waals surface area (Å²) in [7, 11) is 0. The third kappa shape index (κ3) is 8.58. The minimum absolute atomic E-state index is 0.0393. The van der Waals surface area contributed by atoms with Crippen molar-refractivity contribution in [1.82, 2.24) is 10.2 Å². The molecule has 7 nitrogen and oxygen atoms in total. The van der Waals surface area contributed by atoms with E-state index in [9.17, 15) is 9.59 Å². The quantitative estimate of drug-likeness (QED) is 0.0998. The van der Waals surface area contributed by atoms with Crippen molar-refractivity contribution in [3.63, 3.8) is 0 Å². The highest BCUT2D eigenvalue weighted by Crippen LogP contribution is 2.41. The number of rotatable bonds is 11. The van der Waals surface area contributed by atoms with Crippen LogP contribution < -0.4 is 15.7 Å². The van der Waals surface area contributed by atoms with Crippen LogP contribution in [0.25, 0.3) is 21.9 Å². The summed E-state index contributed by atoms with van der Waals surface area (Å²) in [4.78, 5) is 26.9. The Kier molecular flexibility index (Phi) is 10.8. The predicted octanol–water partition coefficient (Wildman–Crippen LogP) is 8.42. The van der Waals surface area contributed by atoms with E-state index in [0.29, 0.717) is 23.5 Å². The van der Waals surface area contributed by atoms with Gasteiger partial charge in [-0.2, -0.15) is 0 Å². The van der Waals surface area contributed by atoms with Crippen LogP contribution in [0.15, 0.2) is 103 Å². The summed E-state index contributed by atoms with van der Waals surface area (Å²) in [6, 6.07) is 7.13. The molecule has 1 amide bonds. The van der Waals surface area contributed by atoms with Crippen molar-refractivity contribution < 1.29 is 18.4 Å². The molecule has 1 fully saturated rings. The molecule has 1 aliphatic heterocycles. The first-order valence-corrected chi connectivity index (χ1v) is 16.6. The standard InChI is InChI=1S/C39H48N2O5/c1-27(12-14-33-29(3)11-7-19-39(33,4)5)9-6-10-28(2)25-34(42)40-32-16-21-41(22-17-32)20-8-23-44-38-36-31(18-24-45-36)26-30-13-15-35(43)46-37(30)38/h6,9-10,12-15,18,24-26,32H,7-8,11,16-17,19-23H2,1-5H3,(H,40,42)/b10-6+,14-12+,27-9+,28-25+. The maximum absolute atomic E-state index is 12.7. The summed E-state index contributed by atoms with van der Waals surface area (Å²) < 4.78 is 17.2. The highest BCUT2D eigenvalue weighted by molar-refractivity contribution is 5.99. The summed E-state index contributed by atoms with van der Waals surface area (Å²) in [5.74, 6) is 0.437. The van der Waals surface area contributed by atoms with Crippen LogP contribution >= 0.6 is 0 Å². The Morgan fingerprint density at radius 1 is 1.09 bits per heavy atom. The first-order valence-electron chi connectivity index (χ1n) is 16.6.